The third kappa shape index (κ3) is 3.91. The molecule has 4 aromatic rings. The molecule has 0 amide bonds. The predicted molar refractivity (Wildman–Crippen MR) is 116 cm³/mol. The van der Waals surface area contributed by atoms with Crippen LogP contribution in [-0.4, -0.2) is 0 Å². The first-order valence-corrected chi connectivity index (χ1v) is 9.03. The van der Waals surface area contributed by atoms with Crippen molar-refractivity contribution in [3.8, 4) is 11.5 Å². The highest BCUT2D eigenvalue weighted by Gasteiger charge is 2.12. The van der Waals surface area contributed by atoms with E-state index in [2.05, 4.69) is 4.90 Å². The lowest BCUT2D eigenvalue weighted by Crippen LogP contribution is -2.10. The second-order valence-corrected chi connectivity index (χ2v) is 6.43. The molecule has 4 nitrogen and oxygen atoms in total. The molecule has 4 N–H and O–H groups in total. The van der Waals surface area contributed by atoms with Crippen molar-refractivity contribution in [2.24, 2.45) is 0 Å². The van der Waals surface area contributed by atoms with Crippen LogP contribution in [0.25, 0.3) is 0 Å². The molecule has 0 aliphatic heterocycles. The van der Waals surface area contributed by atoms with Gasteiger partial charge in [0.05, 0.1) is 0 Å². The highest BCUT2D eigenvalue weighted by molar-refractivity contribution is 5.78. The van der Waals surface area contributed by atoms with Gasteiger partial charge >= 0.3 is 0 Å². The number of rotatable bonds is 5. The normalized spacial score (nSPS) is 10.4. The molecule has 138 valence electrons. The van der Waals surface area contributed by atoms with Crippen LogP contribution in [0.15, 0.2) is 103 Å². The number of nitrogens with zero attached hydrogens (tertiary/aromatic N) is 1. The fraction of sp³-hybridized carbons (Fsp3) is 0. The second kappa shape index (κ2) is 7.76. The summed E-state index contributed by atoms with van der Waals surface area (Å²) in [6.45, 7) is 0. The third-order valence-corrected chi connectivity index (χ3v) is 4.38. The number of para-hydroxylation sites is 1. The van der Waals surface area contributed by atoms with E-state index in [1.807, 2.05) is 103 Å². The van der Waals surface area contributed by atoms with Crippen LogP contribution in [0.5, 0.6) is 11.5 Å². The summed E-state index contributed by atoms with van der Waals surface area (Å²) < 4.78 is 5.90. The molecule has 0 radical (unpaired) electrons. The summed E-state index contributed by atoms with van der Waals surface area (Å²) in [5, 5.41) is 0. The minimum Gasteiger partial charge on any atom is -0.457 e. The molecule has 0 heterocycles. The maximum absolute atomic E-state index is 5.90. The zero-order chi connectivity index (χ0) is 19.3. The van der Waals surface area contributed by atoms with Crippen molar-refractivity contribution < 1.29 is 4.74 Å². The Morgan fingerprint density at radius 2 is 0.857 bits per heavy atom. The molecule has 0 atom stereocenters. The number of hydrogen-bond acceptors (Lipinski definition) is 4. The molecular weight excluding hydrogens is 346 g/mol. The third-order valence-electron chi connectivity index (χ3n) is 4.38. The zero-order valence-corrected chi connectivity index (χ0v) is 15.3. The first kappa shape index (κ1) is 17.5. The summed E-state index contributed by atoms with van der Waals surface area (Å²) in [5.74, 6) is 1.59. The first-order chi connectivity index (χ1) is 13.7. The van der Waals surface area contributed by atoms with Gasteiger partial charge in [-0.05, 0) is 84.9 Å². The van der Waals surface area contributed by atoms with Gasteiger partial charge in [-0.3, -0.25) is 0 Å². The van der Waals surface area contributed by atoms with Gasteiger partial charge in [0.25, 0.3) is 0 Å². The largest absolute Gasteiger partial charge is 0.457 e. The lowest BCUT2D eigenvalue weighted by molar-refractivity contribution is 0.483. The topological polar surface area (TPSA) is 64.5 Å². The Morgan fingerprint density at radius 3 is 1.32 bits per heavy atom. The van der Waals surface area contributed by atoms with E-state index in [1.54, 1.807) is 0 Å². The minimum absolute atomic E-state index is 0.729. The van der Waals surface area contributed by atoms with Gasteiger partial charge < -0.3 is 21.1 Å². The minimum atomic E-state index is 0.729. The fourth-order valence-corrected chi connectivity index (χ4v) is 2.98. The van der Waals surface area contributed by atoms with Gasteiger partial charge in [0.15, 0.2) is 0 Å². The monoisotopic (exact) mass is 367 g/mol. The average Bonchev–Trinajstić information content (AvgIpc) is 2.73. The second-order valence-electron chi connectivity index (χ2n) is 6.43. The standard InChI is InChI=1S/C24H21N3O/c25-18-6-10-20(11-7-18)27(21-12-8-19(26)9-13-21)22-14-16-24(17-15-22)28-23-4-2-1-3-5-23/h1-17H,25-26H2. The molecule has 0 aromatic heterocycles. The summed E-state index contributed by atoms with van der Waals surface area (Å²) in [4.78, 5) is 2.14. The fourth-order valence-electron chi connectivity index (χ4n) is 2.98. The van der Waals surface area contributed by atoms with Gasteiger partial charge in [-0.25, -0.2) is 0 Å². The highest BCUT2D eigenvalue weighted by Crippen LogP contribution is 2.36. The van der Waals surface area contributed by atoms with E-state index in [4.69, 9.17) is 16.2 Å². The van der Waals surface area contributed by atoms with E-state index in [9.17, 15) is 0 Å². The molecule has 0 spiro atoms. The van der Waals surface area contributed by atoms with Gasteiger partial charge in [-0.15, -0.1) is 0 Å². The van der Waals surface area contributed by atoms with E-state index < -0.39 is 0 Å². The van der Waals surface area contributed by atoms with Crippen molar-refractivity contribution >= 4 is 28.4 Å². The van der Waals surface area contributed by atoms with Crippen LogP contribution in [-0.2, 0) is 0 Å². The predicted octanol–water partition coefficient (Wildman–Crippen LogP) is 6.11. The van der Waals surface area contributed by atoms with Gasteiger partial charge in [-0.1, -0.05) is 18.2 Å². The van der Waals surface area contributed by atoms with Crippen LogP contribution in [0.1, 0.15) is 0 Å². The summed E-state index contributed by atoms with van der Waals surface area (Å²) in [5.41, 5.74) is 16.2. The maximum atomic E-state index is 5.90. The smallest absolute Gasteiger partial charge is 0.127 e. The Kier molecular flexibility index (Phi) is 4.85. The molecule has 0 saturated carbocycles. The van der Waals surface area contributed by atoms with Crippen LogP contribution >= 0.6 is 0 Å². The SMILES string of the molecule is Nc1ccc(N(c2ccc(N)cc2)c2ccc(Oc3ccccc3)cc2)cc1. The first-order valence-electron chi connectivity index (χ1n) is 9.03. The Balaban J connectivity index is 1.68. The van der Waals surface area contributed by atoms with E-state index in [0.29, 0.717) is 0 Å². The molecule has 0 fully saturated rings. The van der Waals surface area contributed by atoms with Crippen LogP contribution in [0.3, 0.4) is 0 Å². The molecule has 4 rings (SSSR count). The Labute approximate surface area is 164 Å². The van der Waals surface area contributed by atoms with E-state index >= 15 is 0 Å². The number of ether oxygens (including phenoxy) is 1. The Morgan fingerprint density at radius 1 is 0.464 bits per heavy atom. The molecule has 0 unspecified atom stereocenters. The average molecular weight is 367 g/mol. The molecular formula is C24H21N3O. The molecule has 4 heteroatoms. The summed E-state index contributed by atoms with van der Waals surface area (Å²) in [6.07, 6.45) is 0. The Hall–Kier alpha value is -3.92. The van der Waals surface area contributed by atoms with Crippen molar-refractivity contribution in [1.29, 1.82) is 0 Å². The van der Waals surface area contributed by atoms with Crippen molar-refractivity contribution in [2.75, 3.05) is 16.4 Å². The molecule has 0 aliphatic carbocycles. The lowest BCUT2D eigenvalue weighted by Gasteiger charge is -2.25. The summed E-state index contributed by atoms with van der Waals surface area (Å²) in [7, 11) is 0. The molecule has 0 aliphatic rings. The van der Waals surface area contributed by atoms with Crippen molar-refractivity contribution in [2.45, 2.75) is 0 Å². The van der Waals surface area contributed by atoms with Crippen molar-refractivity contribution in [3.63, 3.8) is 0 Å². The number of benzene rings is 4. The number of nitrogen functional groups attached to an aromatic ring is 2. The van der Waals surface area contributed by atoms with Crippen LogP contribution in [0, 0.1) is 0 Å². The molecule has 4 aromatic carbocycles. The lowest BCUT2D eigenvalue weighted by atomic mass is 10.1. The van der Waals surface area contributed by atoms with Crippen LogP contribution in [0.2, 0.25) is 0 Å². The number of anilines is 5. The van der Waals surface area contributed by atoms with E-state index in [1.165, 1.54) is 0 Å². The van der Waals surface area contributed by atoms with Gasteiger partial charge in [0.2, 0.25) is 0 Å². The van der Waals surface area contributed by atoms with Gasteiger partial charge in [0.1, 0.15) is 11.5 Å². The summed E-state index contributed by atoms with van der Waals surface area (Å²) in [6, 6.07) is 33.3. The molecule has 0 bridgehead atoms. The van der Waals surface area contributed by atoms with Crippen molar-refractivity contribution in [1.82, 2.24) is 0 Å². The van der Waals surface area contributed by atoms with Crippen molar-refractivity contribution in [3.05, 3.63) is 103 Å². The zero-order valence-electron chi connectivity index (χ0n) is 15.3. The number of nitrogens with two attached hydrogens (primary N) is 2. The van der Waals surface area contributed by atoms with E-state index in [0.717, 1.165) is 39.9 Å². The van der Waals surface area contributed by atoms with Gasteiger partial charge in [0, 0.05) is 28.4 Å². The summed E-state index contributed by atoms with van der Waals surface area (Å²) >= 11 is 0. The number of hydrogen-bond donors (Lipinski definition) is 2. The molecule has 0 saturated heterocycles. The Bertz CT molecular complexity index is 982. The van der Waals surface area contributed by atoms with Gasteiger partial charge in [-0.2, -0.15) is 0 Å². The van der Waals surface area contributed by atoms with Crippen LogP contribution < -0.4 is 21.1 Å². The van der Waals surface area contributed by atoms with E-state index in [-0.39, 0.29) is 0 Å². The maximum Gasteiger partial charge on any atom is 0.127 e. The van der Waals surface area contributed by atoms with Crippen LogP contribution in [0.4, 0.5) is 28.4 Å². The quantitative estimate of drug-likeness (QED) is 0.418. The molecule has 28 heavy (non-hydrogen) atoms. The highest BCUT2D eigenvalue weighted by atomic mass is 16.5.